The monoisotopic (exact) mass is 460 g/mol. The van der Waals surface area contributed by atoms with E-state index in [2.05, 4.69) is 4.90 Å². The van der Waals surface area contributed by atoms with Crippen molar-refractivity contribution < 1.29 is 14.6 Å². The number of anilines is 1. The molecule has 3 aliphatic rings. The van der Waals surface area contributed by atoms with Crippen LogP contribution < -0.4 is 4.90 Å². The summed E-state index contributed by atoms with van der Waals surface area (Å²) in [5, 5.41) is 11.9. The predicted molar refractivity (Wildman–Crippen MR) is 130 cm³/mol. The van der Waals surface area contributed by atoms with Crippen molar-refractivity contribution in [2.75, 3.05) is 37.7 Å². The smallest absolute Gasteiger partial charge is 0.275 e. The van der Waals surface area contributed by atoms with E-state index in [1.165, 1.54) is 0 Å². The molecule has 6 rings (SSSR count). The zero-order valence-corrected chi connectivity index (χ0v) is 19.5. The Balaban J connectivity index is 1.35. The fourth-order valence-electron chi connectivity index (χ4n) is 6.32. The van der Waals surface area contributed by atoms with Crippen LogP contribution in [0.2, 0.25) is 0 Å². The number of nitrogens with zero attached hydrogens (tertiary/aromatic N) is 4. The number of aromatic nitrogens is 2. The molecule has 0 radical (unpaired) electrons. The highest BCUT2D eigenvalue weighted by molar-refractivity contribution is 6.00. The van der Waals surface area contributed by atoms with Crippen molar-refractivity contribution in [1.29, 1.82) is 0 Å². The van der Waals surface area contributed by atoms with Gasteiger partial charge in [0.1, 0.15) is 0 Å². The van der Waals surface area contributed by atoms with E-state index >= 15 is 0 Å². The molecule has 7 nitrogen and oxygen atoms in total. The van der Waals surface area contributed by atoms with Gasteiger partial charge >= 0.3 is 0 Å². The van der Waals surface area contributed by atoms with Crippen LogP contribution in [0.15, 0.2) is 54.7 Å². The van der Waals surface area contributed by atoms with Gasteiger partial charge in [-0.25, -0.2) is 4.98 Å². The minimum absolute atomic E-state index is 0.0183. The number of ether oxygens (including phenoxy) is 1. The summed E-state index contributed by atoms with van der Waals surface area (Å²) in [5.41, 5.74) is 1.43. The Morgan fingerprint density at radius 2 is 1.76 bits per heavy atom. The number of rotatable bonds is 3. The number of hydrogen-bond acceptors (Lipinski definition) is 5. The summed E-state index contributed by atoms with van der Waals surface area (Å²) in [5.74, 6) is 0.824. The normalized spacial score (nSPS) is 27.6. The molecule has 1 saturated carbocycles. The molecule has 2 saturated heterocycles. The van der Waals surface area contributed by atoms with E-state index in [0.29, 0.717) is 31.9 Å². The molecule has 1 aromatic carbocycles. The van der Waals surface area contributed by atoms with Gasteiger partial charge in [0, 0.05) is 37.8 Å². The van der Waals surface area contributed by atoms with Gasteiger partial charge < -0.3 is 19.6 Å². The van der Waals surface area contributed by atoms with Crippen LogP contribution in [0.4, 0.5) is 5.95 Å². The highest BCUT2D eigenvalue weighted by Gasteiger charge is 2.50. The van der Waals surface area contributed by atoms with Crippen molar-refractivity contribution in [2.24, 2.45) is 5.92 Å². The van der Waals surface area contributed by atoms with E-state index < -0.39 is 5.60 Å². The summed E-state index contributed by atoms with van der Waals surface area (Å²) in [6.45, 7) is 3.39. The number of fused-ring (bicyclic) bond motifs is 2. The number of imidazole rings is 1. The Morgan fingerprint density at radius 3 is 2.59 bits per heavy atom. The first-order valence-corrected chi connectivity index (χ1v) is 12.6. The molecule has 4 heterocycles. The first-order valence-electron chi connectivity index (χ1n) is 12.6. The molecule has 1 aliphatic carbocycles. The van der Waals surface area contributed by atoms with Crippen molar-refractivity contribution >= 4 is 17.4 Å². The van der Waals surface area contributed by atoms with E-state index in [0.717, 1.165) is 55.8 Å². The Labute approximate surface area is 200 Å². The molecule has 3 aromatic rings. The number of benzene rings is 1. The van der Waals surface area contributed by atoms with Crippen molar-refractivity contribution in [3.63, 3.8) is 0 Å². The average molecular weight is 461 g/mol. The molecule has 3 fully saturated rings. The van der Waals surface area contributed by atoms with Gasteiger partial charge in [0.2, 0.25) is 5.95 Å². The SMILES string of the molecule is O=C(c1nc(N2CCOCC2)n2ccccc12)N1CCC(O)(c2ccccc2)C2CCCCC21. The van der Waals surface area contributed by atoms with Crippen LogP contribution in [0.3, 0.4) is 0 Å². The molecule has 0 bridgehead atoms. The Bertz CT molecular complexity index is 1170. The predicted octanol–water partition coefficient (Wildman–Crippen LogP) is 3.46. The van der Waals surface area contributed by atoms with E-state index in [9.17, 15) is 9.90 Å². The molecule has 0 spiro atoms. The van der Waals surface area contributed by atoms with E-state index in [-0.39, 0.29) is 17.9 Å². The number of aliphatic hydroxyl groups is 1. The lowest BCUT2D eigenvalue weighted by Crippen LogP contribution is -2.59. The molecule has 34 heavy (non-hydrogen) atoms. The zero-order valence-electron chi connectivity index (χ0n) is 19.5. The summed E-state index contributed by atoms with van der Waals surface area (Å²) < 4.78 is 7.55. The fourth-order valence-corrected chi connectivity index (χ4v) is 6.32. The van der Waals surface area contributed by atoms with Crippen molar-refractivity contribution in [1.82, 2.24) is 14.3 Å². The third kappa shape index (κ3) is 3.49. The first-order chi connectivity index (χ1) is 16.7. The number of hydrogen-bond donors (Lipinski definition) is 1. The zero-order chi connectivity index (χ0) is 23.1. The second-order valence-corrected chi connectivity index (χ2v) is 9.81. The first kappa shape index (κ1) is 21.6. The second kappa shape index (κ2) is 8.71. The number of piperidine rings is 1. The van der Waals surface area contributed by atoms with Crippen LogP contribution in [0, 0.1) is 5.92 Å². The average Bonchev–Trinajstić information content (AvgIpc) is 3.30. The number of carbonyl (C=O) groups excluding carboxylic acids is 1. The maximum absolute atomic E-state index is 14.0. The maximum Gasteiger partial charge on any atom is 0.275 e. The van der Waals surface area contributed by atoms with Crippen LogP contribution in [-0.2, 0) is 10.3 Å². The van der Waals surface area contributed by atoms with Crippen molar-refractivity contribution in [3.05, 3.63) is 66.0 Å². The lowest BCUT2D eigenvalue weighted by molar-refractivity contribution is -0.110. The Kier molecular flexibility index (Phi) is 5.54. The third-order valence-electron chi connectivity index (χ3n) is 8.04. The molecule has 3 atom stereocenters. The van der Waals surface area contributed by atoms with Crippen molar-refractivity contribution in [2.45, 2.75) is 43.7 Å². The lowest BCUT2D eigenvalue weighted by atomic mass is 9.66. The second-order valence-electron chi connectivity index (χ2n) is 9.81. The minimum atomic E-state index is -0.891. The van der Waals surface area contributed by atoms with Gasteiger partial charge in [-0.1, -0.05) is 49.2 Å². The molecule has 1 N–H and O–H groups in total. The van der Waals surface area contributed by atoms with Gasteiger partial charge in [-0.05, 0) is 37.0 Å². The largest absolute Gasteiger partial charge is 0.385 e. The van der Waals surface area contributed by atoms with Crippen LogP contribution >= 0.6 is 0 Å². The van der Waals surface area contributed by atoms with Gasteiger partial charge in [-0.2, -0.15) is 0 Å². The van der Waals surface area contributed by atoms with Crippen LogP contribution in [-0.4, -0.2) is 64.2 Å². The van der Waals surface area contributed by atoms with Crippen LogP contribution in [0.25, 0.3) is 5.52 Å². The molecule has 1 amide bonds. The summed E-state index contributed by atoms with van der Waals surface area (Å²) >= 11 is 0. The summed E-state index contributed by atoms with van der Waals surface area (Å²) in [7, 11) is 0. The fraction of sp³-hybridized carbons (Fsp3) is 0.481. The number of carbonyl (C=O) groups is 1. The summed E-state index contributed by atoms with van der Waals surface area (Å²) in [4.78, 5) is 23.1. The number of amides is 1. The Morgan fingerprint density at radius 1 is 1.00 bits per heavy atom. The quantitative estimate of drug-likeness (QED) is 0.648. The maximum atomic E-state index is 14.0. The van der Waals surface area contributed by atoms with Gasteiger partial charge in [0.15, 0.2) is 5.69 Å². The highest BCUT2D eigenvalue weighted by Crippen LogP contribution is 2.47. The standard InChI is InChI=1S/C27H32N4O3/c32-25(24-23-12-6-7-14-31(23)26(28-24)29-16-18-34-19-17-29)30-15-13-27(33,20-8-2-1-3-9-20)21-10-4-5-11-22(21)30/h1-3,6-9,12,14,21-22,33H,4-5,10-11,13,15-19H2. The van der Waals surface area contributed by atoms with E-state index in [4.69, 9.17) is 9.72 Å². The molecule has 2 aromatic heterocycles. The molecular weight excluding hydrogens is 428 g/mol. The van der Waals surface area contributed by atoms with Gasteiger partial charge in [-0.15, -0.1) is 0 Å². The molecular formula is C27H32N4O3. The lowest BCUT2D eigenvalue weighted by Gasteiger charge is -2.52. The van der Waals surface area contributed by atoms with Crippen LogP contribution in [0.1, 0.15) is 48.2 Å². The molecule has 3 unspecified atom stereocenters. The molecule has 178 valence electrons. The number of morpholine rings is 1. The van der Waals surface area contributed by atoms with E-state index in [1.807, 2.05) is 64.0 Å². The number of likely N-dealkylation sites (tertiary alicyclic amines) is 1. The highest BCUT2D eigenvalue weighted by atomic mass is 16.5. The van der Waals surface area contributed by atoms with E-state index in [1.54, 1.807) is 0 Å². The Hall–Kier alpha value is -2.90. The van der Waals surface area contributed by atoms with Crippen LogP contribution in [0.5, 0.6) is 0 Å². The summed E-state index contributed by atoms with van der Waals surface area (Å²) in [6.07, 6.45) is 6.56. The topological polar surface area (TPSA) is 70.3 Å². The minimum Gasteiger partial charge on any atom is -0.385 e. The molecule has 7 heteroatoms. The molecule has 2 aliphatic heterocycles. The van der Waals surface area contributed by atoms with Crippen molar-refractivity contribution in [3.8, 4) is 0 Å². The van der Waals surface area contributed by atoms with Gasteiger partial charge in [0.05, 0.1) is 24.3 Å². The third-order valence-corrected chi connectivity index (χ3v) is 8.04. The number of pyridine rings is 1. The summed E-state index contributed by atoms with van der Waals surface area (Å²) in [6, 6.07) is 16.0. The van der Waals surface area contributed by atoms with Gasteiger partial charge in [0.25, 0.3) is 5.91 Å². The van der Waals surface area contributed by atoms with Gasteiger partial charge in [-0.3, -0.25) is 9.20 Å².